The number of rotatable bonds is 5. The van der Waals surface area contributed by atoms with Crippen molar-refractivity contribution in [2.45, 2.75) is 19.9 Å². The molecule has 1 aromatic carbocycles. The number of halogens is 2. The Labute approximate surface area is 125 Å². The molecule has 0 saturated carbocycles. The number of hydrogen-bond donors (Lipinski definition) is 1. The summed E-state index contributed by atoms with van der Waals surface area (Å²) in [5.41, 5.74) is 1.22. The van der Waals surface area contributed by atoms with Crippen molar-refractivity contribution in [3.8, 4) is 0 Å². The molecule has 0 spiro atoms. The fourth-order valence-electron chi connectivity index (χ4n) is 2.03. The van der Waals surface area contributed by atoms with Crippen LogP contribution in [0, 0.1) is 5.82 Å². The molecule has 0 aliphatic rings. The molecule has 106 valence electrons. The lowest BCUT2D eigenvalue weighted by atomic mass is 10.1. The van der Waals surface area contributed by atoms with Crippen molar-refractivity contribution in [2.75, 3.05) is 6.54 Å². The highest BCUT2D eigenvalue weighted by Crippen LogP contribution is 2.15. The summed E-state index contributed by atoms with van der Waals surface area (Å²) in [6, 6.07) is 8.38. The van der Waals surface area contributed by atoms with Gasteiger partial charge in [0.05, 0.1) is 0 Å². The molecule has 0 fully saturated rings. The molecule has 0 aliphatic carbocycles. The zero-order chi connectivity index (χ0) is 14.5. The lowest BCUT2D eigenvalue weighted by molar-refractivity contribution is 0.0945. The van der Waals surface area contributed by atoms with Crippen molar-refractivity contribution < 1.29 is 9.18 Å². The molecule has 0 aliphatic heterocycles. The van der Waals surface area contributed by atoms with E-state index in [1.54, 1.807) is 24.3 Å². The minimum Gasteiger partial charge on any atom is -0.350 e. The number of hydrogen-bond acceptors (Lipinski definition) is 1. The number of amides is 1. The Bertz CT molecular complexity index is 610. The largest absolute Gasteiger partial charge is 0.350 e. The van der Waals surface area contributed by atoms with E-state index in [0.29, 0.717) is 24.2 Å². The van der Waals surface area contributed by atoms with Gasteiger partial charge in [-0.25, -0.2) is 4.39 Å². The molecule has 20 heavy (non-hydrogen) atoms. The SMILES string of the molecule is CCn1cc(Br)cc1C(=O)NCCc1ccccc1F. The van der Waals surface area contributed by atoms with Crippen LogP contribution in [0.5, 0.6) is 0 Å². The molecule has 1 heterocycles. The first-order chi connectivity index (χ1) is 9.61. The van der Waals surface area contributed by atoms with E-state index in [0.717, 1.165) is 11.0 Å². The fraction of sp³-hybridized carbons (Fsp3) is 0.267. The molecule has 3 nitrogen and oxygen atoms in total. The number of carbonyl (C=O) groups excluding carboxylic acids is 1. The van der Waals surface area contributed by atoms with Gasteiger partial charge in [-0.05, 0) is 47.0 Å². The van der Waals surface area contributed by atoms with Crippen molar-refractivity contribution in [3.05, 3.63) is 58.1 Å². The van der Waals surface area contributed by atoms with Crippen LogP contribution in [0.1, 0.15) is 23.0 Å². The Hall–Kier alpha value is -1.62. The van der Waals surface area contributed by atoms with Crippen LogP contribution in [0.3, 0.4) is 0 Å². The standard InChI is InChI=1S/C15H16BrFN2O/c1-2-19-10-12(16)9-14(19)15(20)18-8-7-11-5-3-4-6-13(11)17/h3-6,9-10H,2,7-8H2,1H3,(H,18,20). The van der Waals surface area contributed by atoms with Gasteiger partial charge in [-0.3, -0.25) is 4.79 Å². The third kappa shape index (κ3) is 3.48. The molecule has 0 radical (unpaired) electrons. The molecule has 2 rings (SSSR count). The van der Waals surface area contributed by atoms with Gasteiger partial charge in [0.15, 0.2) is 0 Å². The molecule has 0 saturated heterocycles. The third-order valence-electron chi connectivity index (χ3n) is 3.07. The van der Waals surface area contributed by atoms with E-state index in [9.17, 15) is 9.18 Å². The van der Waals surface area contributed by atoms with Crippen molar-refractivity contribution in [1.29, 1.82) is 0 Å². The van der Waals surface area contributed by atoms with E-state index in [-0.39, 0.29) is 11.7 Å². The molecular formula is C15H16BrFN2O. The van der Waals surface area contributed by atoms with Gasteiger partial charge in [-0.15, -0.1) is 0 Å². The summed E-state index contributed by atoms with van der Waals surface area (Å²) < 4.78 is 16.2. The topological polar surface area (TPSA) is 34.0 Å². The van der Waals surface area contributed by atoms with Gasteiger partial charge in [0.2, 0.25) is 0 Å². The molecule has 1 amide bonds. The summed E-state index contributed by atoms with van der Waals surface area (Å²) in [5, 5.41) is 2.82. The molecular weight excluding hydrogens is 323 g/mol. The molecule has 0 bridgehead atoms. The van der Waals surface area contributed by atoms with Gasteiger partial charge in [-0.2, -0.15) is 0 Å². The number of aryl methyl sites for hydroxylation is 1. The maximum absolute atomic E-state index is 13.4. The lowest BCUT2D eigenvalue weighted by Crippen LogP contribution is -2.27. The van der Waals surface area contributed by atoms with Crippen molar-refractivity contribution in [1.82, 2.24) is 9.88 Å². The average molecular weight is 339 g/mol. The van der Waals surface area contributed by atoms with E-state index in [2.05, 4.69) is 21.2 Å². The second-order valence-corrected chi connectivity index (χ2v) is 5.34. The van der Waals surface area contributed by atoms with Crippen LogP contribution >= 0.6 is 15.9 Å². The summed E-state index contributed by atoms with van der Waals surface area (Å²) in [4.78, 5) is 12.1. The average Bonchev–Trinajstić information content (AvgIpc) is 2.82. The van der Waals surface area contributed by atoms with Gasteiger partial charge in [0.25, 0.3) is 5.91 Å². The predicted octanol–water partition coefficient (Wildman–Crippen LogP) is 3.38. The number of nitrogens with zero attached hydrogens (tertiary/aromatic N) is 1. The Balaban J connectivity index is 1.94. The summed E-state index contributed by atoms with van der Waals surface area (Å²) >= 11 is 3.36. The zero-order valence-electron chi connectivity index (χ0n) is 11.2. The van der Waals surface area contributed by atoms with E-state index in [1.165, 1.54) is 6.07 Å². The van der Waals surface area contributed by atoms with Crippen molar-refractivity contribution >= 4 is 21.8 Å². The van der Waals surface area contributed by atoms with E-state index < -0.39 is 0 Å². The molecule has 1 N–H and O–H groups in total. The molecule has 0 atom stereocenters. The molecule has 5 heteroatoms. The number of benzene rings is 1. The third-order valence-corrected chi connectivity index (χ3v) is 3.51. The van der Waals surface area contributed by atoms with Crippen LogP contribution in [0.15, 0.2) is 41.0 Å². The first kappa shape index (κ1) is 14.8. The lowest BCUT2D eigenvalue weighted by Gasteiger charge is -2.08. The van der Waals surface area contributed by atoms with Gasteiger partial charge in [0.1, 0.15) is 11.5 Å². The monoisotopic (exact) mass is 338 g/mol. The Kier molecular flexibility index (Phi) is 4.95. The smallest absolute Gasteiger partial charge is 0.267 e. The second-order valence-electron chi connectivity index (χ2n) is 4.43. The van der Waals surface area contributed by atoms with Crippen LogP contribution in [-0.2, 0) is 13.0 Å². The van der Waals surface area contributed by atoms with E-state index in [4.69, 9.17) is 0 Å². The minimum absolute atomic E-state index is 0.145. The summed E-state index contributed by atoms with van der Waals surface area (Å²) in [7, 11) is 0. The number of carbonyl (C=O) groups is 1. The van der Waals surface area contributed by atoms with Crippen LogP contribution in [-0.4, -0.2) is 17.0 Å². The van der Waals surface area contributed by atoms with Crippen LogP contribution < -0.4 is 5.32 Å². The summed E-state index contributed by atoms with van der Waals surface area (Å²) in [6.45, 7) is 3.11. The highest BCUT2D eigenvalue weighted by molar-refractivity contribution is 9.10. The van der Waals surface area contributed by atoms with Gasteiger partial charge in [0, 0.05) is 23.8 Å². The first-order valence-corrected chi connectivity index (χ1v) is 7.28. The highest BCUT2D eigenvalue weighted by Gasteiger charge is 2.11. The highest BCUT2D eigenvalue weighted by atomic mass is 79.9. The van der Waals surface area contributed by atoms with Gasteiger partial charge in [-0.1, -0.05) is 18.2 Å². The van der Waals surface area contributed by atoms with Crippen molar-refractivity contribution in [3.63, 3.8) is 0 Å². The normalized spacial score (nSPS) is 10.6. The number of aromatic nitrogens is 1. The Morgan fingerprint density at radius 1 is 1.40 bits per heavy atom. The van der Waals surface area contributed by atoms with E-state index >= 15 is 0 Å². The summed E-state index contributed by atoms with van der Waals surface area (Å²) in [6.07, 6.45) is 2.35. The van der Waals surface area contributed by atoms with Crippen LogP contribution in [0.25, 0.3) is 0 Å². The Morgan fingerprint density at radius 2 is 2.15 bits per heavy atom. The fourth-order valence-corrected chi connectivity index (χ4v) is 2.49. The minimum atomic E-state index is -0.235. The number of nitrogens with one attached hydrogen (secondary N) is 1. The maximum atomic E-state index is 13.4. The molecule has 1 aromatic heterocycles. The quantitative estimate of drug-likeness (QED) is 0.890. The summed E-state index contributed by atoms with van der Waals surface area (Å²) in [5.74, 6) is -0.379. The van der Waals surface area contributed by atoms with E-state index in [1.807, 2.05) is 17.7 Å². The second kappa shape index (κ2) is 6.70. The first-order valence-electron chi connectivity index (χ1n) is 6.49. The maximum Gasteiger partial charge on any atom is 0.267 e. The van der Waals surface area contributed by atoms with Gasteiger partial charge >= 0.3 is 0 Å². The van der Waals surface area contributed by atoms with Crippen molar-refractivity contribution in [2.24, 2.45) is 0 Å². The van der Waals surface area contributed by atoms with Gasteiger partial charge < -0.3 is 9.88 Å². The zero-order valence-corrected chi connectivity index (χ0v) is 12.8. The van der Waals surface area contributed by atoms with Crippen LogP contribution in [0.4, 0.5) is 4.39 Å². The van der Waals surface area contributed by atoms with Crippen LogP contribution in [0.2, 0.25) is 0 Å². The Morgan fingerprint density at radius 3 is 2.85 bits per heavy atom. The predicted molar refractivity (Wildman–Crippen MR) is 80.2 cm³/mol. The molecule has 0 unspecified atom stereocenters. The molecule has 2 aromatic rings.